The number of H-pyrrole nitrogens is 1. The lowest BCUT2D eigenvalue weighted by atomic mass is 10.1. The highest BCUT2D eigenvalue weighted by Gasteiger charge is 2.35. The van der Waals surface area contributed by atoms with Crippen LogP contribution in [0.25, 0.3) is 10.9 Å². The minimum atomic E-state index is -0.0210. The van der Waals surface area contributed by atoms with Gasteiger partial charge in [-0.25, -0.2) is 4.98 Å². The van der Waals surface area contributed by atoms with Gasteiger partial charge in [-0.1, -0.05) is 6.07 Å². The molecule has 2 aromatic heterocycles. The van der Waals surface area contributed by atoms with Crippen LogP contribution in [0.2, 0.25) is 0 Å². The molecule has 1 saturated carbocycles. The van der Waals surface area contributed by atoms with E-state index in [9.17, 15) is 4.79 Å². The summed E-state index contributed by atoms with van der Waals surface area (Å²) in [6.45, 7) is 0. The normalized spacial score (nSPS) is 16.0. The van der Waals surface area contributed by atoms with E-state index in [0.717, 1.165) is 21.5 Å². The van der Waals surface area contributed by atoms with E-state index in [2.05, 4.69) is 15.3 Å². The SMILES string of the molecule is O=C(N[C@H](c1nccs1)C1CC1)c1cccc2[nH]ccc12. The Bertz CT molecular complexity index is 774. The Hall–Kier alpha value is -2.14. The fraction of sp³-hybridized carbons (Fsp3) is 0.250. The number of aromatic amines is 1. The number of benzene rings is 1. The maximum Gasteiger partial charge on any atom is 0.252 e. The van der Waals surface area contributed by atoms with E-state index in [4.69, 9.17) is 0 Å². The Kier molecular flexibility index (Phi) is 3.00. The van der Waals surface area contributed by atoms with Crippen LogP contribution in [-0.2, 0) is 0 Å². The third-order valence-electron chi connectivity index (χ3n) is 3.94. The minimum Gasteiger partial charge on any atom is -0.361 e. The van der Waals surface area contributed by atoms with Crippen LogP contribution >= 0.6 is 11.3 Å². The molecule has 21 heavy (non-hydrogen) atoms. The molecular formula is C16H15N3OS. The second kappa shape index (κ2) is 5.00. The lowest BCUT2D eigenvalue weighted by Crippen LogP contribution is -2.29. The number of rotatable bonds is 4. The van der Waals surface area contributed by atoms with Crippen LogP contribution in [0.15, 0.2) is 42.0 Å². The van der Waals surface area contributed by atoms with E-state index >= 15 is 0 Å². The monoisotopic (exact) mass is 297 g/mol. The van der Waals surface area contributed by atoms with Crippen molar-refractivity contribution in [3.05, 3.63) is 52.6 Å². The van der Waals surface area contributed by atoms with Gasteiger partial charge in [-0.15, -0.1) is 11.3 Å². The number of nitrogens with zero attached hydrogens (tertiary/aromatic N) is 1. The highest BCUT2D eigenvalue weighted by atomic mass is 32.1. The van der Waals surface area contributed by atoms with Gasteiger partial charge in [0.25, 0.3) is 5.91 Å². The summed E-state index contributed by atoms with van der Waals surface area (Å²) < 4.78 is 0. The molecule has 1 amide bonds. The summed E-state index contributed by atoms with van der Waals surface area (Å²) in [5.41, 5.74) is 1.70. The zero-order valence-corrected chi connectivity index (χ0v) is 12.2. The summed E-state index contributed by atoms with van der Waals surface area (Å²) in [7, 11) is 0. The molecule has 3 aromatic rings. The third kappa shape index (κ3) is 2.34. The lowest BCUT2D eigenvalue weighted by molar-refractivity contribution is 0.0933. The van der Waals surface area contributed by atoms with Crippen LogP contribution in [0, 0.1) is 5.92 Å². The second-order valence-electron chi connectivity index (χ2n) is 5.40. The summed E-state index contributed by atoms with van der Waals surface area (Å²) in [5, 5.41) is 7.11. The largest absolute Gasteiger partial charge is 0.361 e. The molecule has 1 aliphatic carbocycles. The first-order chi connectivity index (χ1) is 10.3. The Balaban J connectivity index is 1.64. The molecular weight excluding hydrogens is 282 g/mol. The van der Waals surface area contributed by atoms with Gasteiger partial charge in [0, 0.05) is 34.2 Å². The number of carbonyl (C=O) groups is 1. The number of hydrogen-bond acceptors (Lipinski definition) is 3. The topological polar surface area (TPSA) is 57.8 Å². The summed E-state index contributed by atoms with van der Waals surface area (Å²) >= 11 is 1.61. The molecule has 5 heteroatoms. The van der Waals surface area contributed by atoms with E-state index in [1.54, 1.807) is 17.5 Å². The van der Waals surface area contributed by atoms with Crippen molar-refractivity contribution in [2.24, 2.45) is 5.92 Å². The van der Waals surface area contributed by atoms with Crippen LogP contribution < -0.4 is 5.32 Å². The Morgan fingerprint density at radius 2 is 2.29 bits per heavy atom. The van der Waals surface area contributed by atoms with Gasteiger partial charge in [-0.05, 0) is 37.0 Å². The van der Waals surface area contributed by atoms with Crippen molar-refractivity contribution in [3.63, 3.8) is 0 Å². The smallest absolute Gasteiger partial charge is 0.252 e. The molecule has 106 valence electrons. The number of amides is 1. The second-order valence-corrected chi connectivity index (χ2v) is 6.33. The van der Waals surface area contributed by atoms with Crippen molar-refractivity contribution in [3.8, 4) is 0 Å². The van der Waals surface area contributed by atoms with Gasteiger partial charge in [0.2, 0.25) is 0 Å². The van der Waals surface area contributed by atoms with Crippen LogP contribution in [0.5, 0.6) is 0 Å². The lowest BCUT2D eigenvalue weighted by Gasteiger charge is -2.16. The van der Waals surface area contributed by atoms with Gasteiger partial charge in [-0.3, -0.25) is 4.79 Å². The Morgan fingerprint density at radius 3 is 3.05 bits per heavy atom. The molecule has 4 nitrogen and oxygen atoms in total. The van der Waals surface area contributed by atoms with E-state index in [1.165, 1.54) is 12.8 Å². The molecule has 0 radical (unpaired) electrons. The fourth-order valence-electron chi connectivity index (χ4n) is 2.70. The van der Waals surface area contributed by atoms with E-state index in [-0.39, 0.29) is 11.9 Å². The molecule has 0 unspecified atom stereocenters. The van der Waals surface area contributed by atoms with Gasteiger partial charge in [0.05, 0.1) is 6.04 Å². The Morgan fingerprint density at radius 1 is 1.38 bits per heavy atom. The predicted molar refractivity (Wildman–Crippen MR) is 83.3 cm³/mol. The standard InChI is InChI=1S/C16H15N3OS/c20-15(12-2-1-3-13-11(12)6-7-17-13)19-14(10-4-5-10)16-18-8-9-21-16/h1-3,6-10,14,17H,4-5H2,(H,19,20)/t14-/m0/s1. The molecule has 2 heterocycles. The number of nitrogens with one attached hydrogen (secondary N) is 2. The molecule has 4 rings (SSSR count). The highest BCUT2D eigenvalue weighted by molar-refractivity contribution is 7.09. The quantitative estimate of drug-likeness (QED) is 0.774. The van der Waals surface area contributed by atoms with Crippen molar-refractivity contribution in [2.75, 3.05) is 0 Å². The maximum absolute atomic E-state index is 12.6. The Labute approximate surface area is 126 Å². The average molecular weight is 297 g/mol. The number of fused-ring (bicyclic) bond motifs is 1. The van der Waals surface area contributed by atoms with Gasteiger partial charge in [-0.2, -0.15) is 0 Å². The van der Waals surface area contributed by atoms with Gasteiger partial charge >= 0.3 is 0 Å². The van der Waals surface area contributed by atoms with Crippen molar-refractivity contribution in [1.82, 2.24) is 15.3 Å². The van der Waals surface area contributed by atoms with Gasteiger partial charge < -0.3 is 10.3 Å². The van der Waals surface area contributed by atoms with Gasteiger partial charge in [0.15, 0.2) is 0 Å². The molecule has 0 aliphatic heterocycles. The van der Waals surface area contributed by atoms with Crippen molar-refractivity contribution in [1.29, 1.82) is 0 Å². The molecule has 0 saturated heterocycles. The number of hydrogen-bond donors (Lipinski definition) is 2. The fourth-order valence-corrected chi connectivity index (χ4v) is 3.48. The molecule has 0 spiro atoms. The molecule has 1 atom stereocenters. The minimum absolute atomic E-state index is 0.0210. The zero-order chi connectivity index (χ0) is 14.2. The van der Waals surface area contributed by atoms with E-state index in [0.29, 0.717) is 5.92 Å². The number of thiazole rings is 1. The van der Waals surface area contributed by atoms with Crippen LogP contribution in [0.1, 0.15) is 34.2 Å². The molecule has 2 N–H and O–H groups in total. The first kappa shape index (κ1) is 12.6. The van der Waals surface area contributed by atoms with Crippen LogP contribution in [0.4, 0.5) is 0 Å². The molecule has 1 aromatic carbocycles. The molecule has 1 aliphatic rings. The first-order valence-corrected chi connectivity index (χ1v) is 7.97. The molecule has 0 bridgehead atoms. The van der Waals surface area contributed by atoms with Crippen molar-refractivity contribution in [2.45, 2.75) is 18.9 Å². The summed E-state index contributed by atoms with van der Waals surface area (Å²) in [5.74, 6) is 0.512. The summed E-state index contributed by atoms with van der Waals surface area (Å²) in [6, 6.07) is 7.75. The highest BCUT2D eigenvalue weighted by Crippen LogP contribution is 2.41. The maximum atomic E-state index is 12.6. The average Bonchev–Trinajstić information content (AvgIpc) is 3.01. The van der Waals surface area contributed by atoms with Crippen molar-refractivity contribution < 1.29 is 4.79 Å². The summed E-state index contributed by atoms with van der Waals surface area (Å²) in [4.78, 5) is 20.2. The van der Waals surface area contributed by atoms with E-state index < -0.39 is 0 Å². The van der Waals surface area contributed by atoms with Crippen LogP contribution in [0.3, 0.4) is 0 Å². The third-order valence-corrected chi connectivity index (χ3v) is 4.80. The van der Waals surface area contributed by atoms with Gasteiger partial charge in [0.1, 0.15) is 5.01 Å². The van der Waals surface area contributed by atoms with Crippen LogP contribution in [-0.4, -0.2) is 15.9 Å². The predicted octanol–water partition coefficient (Wildman–Crippen LogP) is 3.51. The zero-order valence-electron chi connectivity index (χ0n) is 11.4. The summed E-state index contributed by atoms with van der Waals surface area (Å²) in [6.07, 6.45) is 5.99. The first-order valence-electron chi connectivity index (χ1n) is 7.09. The van der Waals surface area contributed by atoms with Crippen molar-refractivity contribution >= 4 is 28.1 Å². The van der Waals surface area contributed by atoms with E-state index in [1.807, 2.05) is 35.8 Å². The molecule has 1 fully saturated rings. The number of aromatic nitrogens is 2. The number of carbonyl (C=O) groups excluding carboxylic acids is 1.